The van der Waals surface area contributed by atoms with Crippen molar-refractivity contribution in [2.75, 3.05) is 6.54 Å². The molecule has 3 aromatic carbocycles. The minimum atomic E-state index is -0.715. The van der Waals surface area contributed by atoms with Gasteiger partial charge in [-0.25, -0.2) is 0 Å². The number of ether oxygens (including phenoxy) is 1. The van der Waals surface area contributed by atoms with Crippen LogP contribution in [0, 0.1) is 6.92 Å². The average molecular weight is 416 g/mol. The first kappa shape index (κ1) is 21.1. The van der Waals surface area contributed by atoms with Crippen LogP contribution in [0.3, 0.4) is 0 Å². The van der Waals surface area contributed by atoms with Gasteiger partial charge < -0.3 is 9.84 Å². The van der Waals surface area contributed by atoms with Crippen LogP contribution in [0.1, 0.15) is 36.0 Å². The topological polar surface area (TPSA) is 49.8 Å². The number of rotatable bonds is 7. The van der Waals surface area contributed by atoms with Crippen LogP contribution in [0.4, 0.5) is 0 Å². The Bertz CT molecular complexity index is 1010. The monoisotopic (exact) mass is 415 g/mol. The fourth-order valence-electron chi connectivity index (χ4n) is 4.32. The van der Waals surface area contributed by atoms with Gasteiger partial charge in [0, 0.05) is 6.54 Å². The number of hydrogen-bond acceptors (Lipinski definition) is 3. The summed E-state index contributed by atoms with van der Waals surface area (Å²) in [7, 11) is 0. The third-order valence-electron chi connectivity index (χ3n) is 6.13. The number of aliphatic carboxylic acids is 1. The second-order valence-corrected chi connectivity index (χ2v) is 8.21. The van der Waals surface area contributed by atoms with Crippen LogP contribution in [0.15, 0.2) is 72.8 Å². The highest BCUT2D eigenvalue weighted by Gasteiger charge is 2.28. The summed E-state index contributed by atoms with van der Waals surface area (Å²) in [5.41, 5.74) is 5.95. The van der Waals surface area contributed by atoms with Gasteiger partial charge in [0.25, 0.3) is 0 Å². The maximum atomic E-state index is 11.5. The van der Waals surface area contributed by atoms with Crippen molar-refractivity contribution in [1.29, 1.82) is 0 Å². The molecular weight excluding hydrogens is 386 g/mol. The molecule has 0 unspecified atom stereocenters. The maximum Gasteiger partial charge on any atom is 0.320 e. The van der Waals surface area contributed by atoms with Gasteiger partial charge in [-0.2, -0.15) is 0 Å². The van der Waals surface area contributed by atoms with E-state index in [-0.39, 0.29) is 6.04 Å². The number of carboxylic acids is 1. The van der Waals surface area contributed by atoms with Crippen molar-refractivity contribution in [2.45, 2.75) is 45.4 Å². The molecule has 0 aliphatic carbocycles. The van der Waals surface area contributed by atoms with Gasteiger partial charge in [-0.1, -0.05) is 67.1 Å². The standard InChI is InChI=1S/C27H29NO3/c1-20-23(10-7-11-25(20)22-8-3-2-4-9-22)19-31-24-15-13-21(14-16-24)18-28-17-6-5-12-26(28)27(29)30/h2-4,7-11,13-16,26H,5-6,12,17-19H2,1H3,(H,29,30)/t26-/m0/s1. The molecular formula is C27H29NO3. The molecule has 0 aromatic heterocycles. The average Bonchev–Trinajstić information content (AvgIpc) is 2.80. The van der Waals surface area contributed by atoms with E-state index in [1.165, 1.54) is 22.3 Å². The first-order valence-electron chi connectivity index (χ1n) is 10.9. The first-order valence-corrected chi connectivity index (χ1v) is 10.9. The molecule has 0 radical (unpaired) electrons. The quantitative estimate of drug-likeness (QED) is 0.539. The van der Waals surface area contributed by atoms with Gasteiger partial charge in [-0.3, -0.25) is 9.69 Å². The van der Waals surface area contributed by atoms with Crippen molar-refractivity contribution in [1.82, 2.24) is 4.90 Å². The molecule has 4 heteroatoms. The number of hydrogen-bond donors (Lipinski definition) is 1. The third kappa shape index (κ3) is 5.15. The lowest BCUT2D eigenvalue weighted by molar-refractivity contribution is -0.144. The van der Waals surface area contributed by atoms with Crippen LogP contribution in [0.2, 0.25) is 0 Å². The lowest BCUT2D eigenvalue weighted by Crippen LogP contribution is -2.43. The molecule has 1 fully saturated rings. The highest BCUT2D eigenvalue weighted by atomic mass is 16.5. The molecule has 4 rings (SSSR count). The molecule has 160 valence electrons. The Morgan fingerprint density at radius 3 is 2.52 bits per heavy atom. The SMILES string of the molecule is Cc1c(COc2ccc(CN3CCCC[C@H]3C(=O)O)cc2)cccc1-c1ccccc1. The predicted molar refractivity (Wildman–Crippen MR) is 123 cm³/mol. The number of carbonyl (C=O) groups is 1. The Morgan fingerprint density at radius 1 is 1.00 bits per heavy atom. The molecule has 1 saturated heterocycles. The number of benzene rings is 3. The van der Waals surface area contributed by atoms with Crippen LogP contribution in [-0.4, -0.2) is 28.6 Å². The Morgan fingerprint density at radius 2 is 1.77 bits per heavy atom. The largest absolute Gasteiger partial charge is 0.489 e. The molecule has 1 N–H and O–H groups in total. The lowest BCUT2D eigenvalue weighted by atomic mass is 9.97. The number of likely N-dealkylation sites (tertiary alicyclic amines) is 1. The zero-order valence-corrected chi connectivity index (χ0v) is 18.0. The molecule has 1 aliphatic rings. The summed E-state index contributed by atoms with van der Waals surface area (Å²) in [6, 6.07) is 24.4. The summed E-state index contributed by atoms with van der Waals surface area (Å²) in [6.07, 6.45) is 2.79. The number of piperidine rings is 1. The minimum Gasteiger partial charge on any atom is -0.489 e. The van der Waals surface area contributed by atoms with E-state index in [4.69, 9.17) is 4.74 Å². The third-order valence-corrected chi connectivity index (χ3v) is 6.13. The van der Waals surface area contributed by atoms with Gasteiger partial charge >= 0.3 is 5.97 Å². The zero-order valence-electron chi connectivity index (χ0n) is 18.0. The van der Waals surface area contributed by atoms with Crippen molar-refractivity contribution in [3.8, 4) is 16.9 Å². The van der Waals surface area contributed by atoms with Gasteiger partial charge in [0.15, 0.2) is 0 Å². The van der Waals surface area contributed by atoms with Gasteiger partial charge in [-0.05, 0) is 66.3 Å². The number of nitrogens with zero attached hydrogens (tertiary/aromatic N) is 1. The Labute approximate surface area is 184 Å². The van der Waals surface area contributed by atoms with Crippen LogP contribution in [0.5, 0.6) is 5.75 Å². The molecule has 1 heterocycles. The van der Waals surface area contributed by atoms with E-state index < -0.39 is 5.97 Å². The van der Waals surface area contributed by atoms with Crippen molar-refractivity contribution in [3.05, 3.63) is 89.5 Å². The molecule has 3 aromatic rings. The van der Waals surface area contributed by atoms with Crippen molar-refractivity contribution in [2.24, 2.45) is 0 Å². The van der Waals surface area contributed by atoms with Crippen molar-refractivity contribution < 1.29 is 14.6 Å². The maximum absolute atomic E-state index is 11.5. The normalized spacial score (nSPS) is 16.7. The lowest BCUT2D eigenvalue weighted by Gasteiger charge is -2.32. The Hall–Kier alpha value is -3.11. The minimum absolute atomic E-state index is 0.371. The summed E-state index contributed by atoms with van der Waals surface area (Å²) in [5.74, 6) is 0.106. The molecule has 0 bridgehead atoms. The van der Waals surface area contributed by atoms with Crippen LogP contribution in [0.25, 0.3) is 11.1 Å². The highest BCUT2D eigenvalue weighted by molar-refractivity contribution is 5.73. The first-order chi connectivity index (χ1) is 15.1. The zero-order chi connectivity index (χ0) is 21.6. The summed E-state index contributed by atoms with van der Waals surface area (Å²) < 4.78 is 6.06. The summed E-state index contributed by atoms with van der Waals surface area (Å²) in [4.78, 5) is 13.6. The van der Waals surface area contributed by atoms with E-state index >= 15 is 0 Å². The van der Waals surface area contributed by atoms with Gasteiger partial charge in [0.1, 0.15) is 18.4 Å². The summed E-state index contributed by atoms with van der Waals surface area (Å²) in [6.45, 7) is 4.16. The van der Waals surface area contributed by atoms with E-state index in [9.17, 15) is 9.90 Å². The summed E-state index contributed by atoms with van der Waals surface area (Å²) in [5, 5.41) is 9.46. The molecule has 0 saturated carbocycles. The van der Waals surface area contributed by atoms with Gasteiger partial charge in [0.05, 0.1) is 0 Å². The van der Waals surface area contributed by atoms with Gasteiger partial charge in [0.2, 0.25) is 0 Å². The molecule has 0 spiro atoms. The van der Waals surface area contributed by atoms with E-state index in [1.54, 1.807) is 0 Å². The summed E-state index contributed by atoms with van der Waals surface area (Å²) >= 11 is 0. The fraction of sp³-hybridized carbons (Fsp3) is 0.296. The van der Waals surface area contributed by atoms with Crippen LogP contribution < -0.4 is 4.74 Å². The fourth-order valence-corrected chi connectivity index (χ4v) is 4.32. The Balaban J connectivity index is 1.39. The number of carboxylic acid groups (broad SMARTS) is 1. The van der Waals surface area contributed by atoms with E-state index in [2.05, 4.69) is 54.3 Å². The highest BCUT2D eigenvalue weighted by Crippen LogP contribution is 2.27. The van der Waals surface area contributed by atoms with Crippen LogP contribution >= 0.6 is 0 Å². The molecule has 4 nitrogen and oxygen atoms in total. The van der Waals surface area contributed by atoms with Crippen LogP contribution in [-0.2, 0) is 17.9 Å². The predicted octanol–water partition coefficient (Wildman–Crippen LogP) is 5.68. The van der Waals surface area contributed by atoms with Crippen molar-refractivity contribution in [3.63, 3.8) is 0 Å². The van der Waals surface area contributed by atoms with E-state index in [0.717, 1.165) is 37.1 Å². The smallest absolute Gasteiger partial charge is 0.320 e. The van der Waals surface area contributed by atoms with E-state index in [1.807, 2.05) is 30.3 Å². The second kappa shape index (κ2) is 9.80. The molecule has 1 aliphatic heterocycles. The van der Waals surface area contributed by atoms with Gasteiger partial charge in [-0.15, -0.1) is 0 Å². The van der Waals surface area contributed by atoms with Crippen molar-refractivity contribution >= 4 is 5.97 Å². The van der Waals surface area contributed by atoms with E-state index in [0.29, 0.717) is 13.2 Å². The second-order valence-electron chi connectivity index (χ2n) is 8.21. The molecule has 1 atom stereocenters. The molecule has 31 heavy (non-hydrogen) atoms. The Kier molecular flexibility index (Phi) is 6.68. The molecule has 0 amide bonds.